The Bertz CT molecular complexity index is 216. The molecule has 0 aromatic carbocycles. The number of carbonyl (C=O) groups excluding carboxylic acids is 1. The Labute approximate surface area is 94.4 Å². The van der Waals surface area contributed by atoms with Crippen molar-refractivity contribution < 1.29 is 14.9 Å². The molecular weight excluding hydrogens is 258 g/mol. The van der Waals surface area contributed by atoms with Gasteiger partial charge in [0, 0.05) is 5.75 Å². The number of aliphatic carboxylic acids is 1. The van der Waals surface area contributed by atoms with Crippen LogP contribution < -0.4 is 15.8 Å². The molecule has 0 bridgehead atoms. The van der Waals surface area contributed by atoms with Crippen LogP contribution in [0.25, 0.3) is 0 Å². The van der Waals surface area contributed by atoms with E-state index >= 15 is 0 Å². The van der Waals surface area contributed by atoms with Crippen molar-refractivity contribution >= 4 is 57.7 Å². The van der Waals surface area contributed by atoms with Gasteiger partial charge < -0.3 is 9.90 Å². The van der Waals surface area contributed by atoms with Crippen LogP contribution in [0.4, 0.5) is 0 Å². The van der Waals surface area contributed by atoms with Crippen molar-refractivity contribution in [3.05, 3.63) is 0 Å². The Morgan fingerprint density at radius 3 is 2.15 bits per heavy atom. The molecule has 1 heterocycles. The fourth-order valence-corrected chi connectivity index (χ4v) is 1.01. The van der Waals surface area contributed by atoms with Crippen LogP contribution in [0.2, 0.25) is 0 Å². The smallest absolute Gasteiger partial charge is 0.302 e. The van der Waals surface area contributed by atoms with Gasteiger partial charge in [0.15, 0.2) is 0 Å². The Balaban J connectivity index is 0.000000223. The third kappa shape index (κ3) is 7.25. The first-order valence-corrected chi connectivity index (χ1v) is 5.23. The lowest BCUT2D eigenvalue weighted by molar-refractivity contribution is -0.445. The molecule has 1 aliphatic rings. The first kappa shape index (κ1) is 13.2. The lowest BCUT2D eigenvalue weighted by Gasteiger charge is -2.09. The second kappa shape index (κ2) is 5.80. The van der Waals surface area contributed by atoms with Crippen molar-refractivity contribution in [1.82, 2.24) is 0 Å². The topological polar surface area (TPSA) is 80.1 Å². The van der Waals surface area contributed by atoms with Gasteiger partial charge >= 0.3 is 5.17 Å². The maximum atomic E-state index is 9.51. The van der Waals surface area contributed by atoms with Crippen molar-refractivity contribution in [3.63, 3.8) is 0 Å². The molecule has 0 aliphatic carbocycles. The average Bonchev–Trinajstić information content (AvgIpc) is 2.38. The minimum atomic E-state index is -2.28. The van der Waals surface area contributed by atoms with E-state index in [1.165, 1.54) is 0 Å². The van der Waals surface area contributed by atoms with Gasteiger partial charge in [0.1, 0.15) is 0 Å². The second-order valence-corrected chi connectivity index (χ2v) is 5.34. The number of nitrogens with two attached hydrogens (primary N) is 1. The van der Waals surface area contributed by atoms with E-state index in [2.05, 4.69) is 4.99 Å². The fourth-order valence-electron chi connectivity index (χ4n) is 0.386. The first-order valence-electron chi connectivity index (χ1n) is 3.11. The number of carbonyl (C=O) groups is 1. The third-order valence-electron chi connectivity index (χ3n) is 0.890. The molecule has 0 amide bonds. The molecule has 1 rings (SSSR count). The molecule has 0 saturated carbocycles. The molecule has 0 fully saturated rings. The number of carboxylic acid groups (broad SMARTS) is 1. The molecule has 0 aromatic heterocycles. The largest absolute Gasteiger partial charge is 0.545 e. The van der Waals surface area contributed by atoms with E-state index in [4.69, 9.17) is 40.5 Å². The predicted molar refractivity (Wildman–Crippen MR) is 52.8 cm³/mol. The highest BCUT2D eigenvalue weighted by molar-refractivity contribution is 8.13. The molecule has 0 aromatic rings. The van der Waals surface area contributed by atoms with Crippen LogP contribution in [0.15, 0.2) is 0 Å². The van der Waals surface area contributed by atoms with Crippen LogP contribution in [0, 0.1) is 0 Å². The summed E-state index contributed by atoms with van der Waals surface area (Å²) in [5, 5.41) is 10.4. The molecule has 0 spiro atoms. The monoisotopic (exact) mass is 264 g/mol. The van der Waals surface area contributed by atoms with Crippen LogP contribution in [0.3, 0.4) is 0 Å². The number of amidine groups is 1. The molecule has 0 atom stereocenters. The maximum absolute atomic E-state index is 9.51. The molecule has 1 aliphatic heterocycles. The number of hydrogen-bond donors (Lipinski definition) is 2. The summed E-state index contributed by atoms with van der Waals surface area (Å²) in [6.45, 7) is 1.04. The van der Waals surface area contributed by atoms with Gasteiger partial charge in [-0.2, -0.15) is 0 Å². The Kier molecular flexibility index (Phi) is 5.87. The van der Waals surface area contributed by atoms with E-state index in [0.29, 0.717) is 0 Å². The Morgan fingerprint density at radius 1 is 1.62 bits per heavy atom. The lowest BCUT2D eigenvalue weighted by Crippen LogP contribution is -2.71. The van der Waals surface area contributed by atoms with Crippen LogP contribution in [0.5, 0.6) is 0 Å². The fraction of sp³-hybridized carbons (Fsp3) is 0.600. The van der Waals surface area contributed by atoms with Crippen LogP contribution >= 0.6 is 46.6 Å². The summed E-state index contributed by atoms with van der Waals surface area (Å²) in [5.41, 5.74) is 5.30. The number of rotatable bonds is 0. The van der Waals surface area contributed by atoms with Crippen molar-refractivity contribution in [2.24, 2.45) is 5.73 Å². The minimum absolute atomic E-state index is 0.870. The maximum Gasteiger partial charge on any atom is 0.302 e. The number of alkyl halides is 3. The van der Waals surface area contributed by atoms with Gasteiger partial charge in [-0.1, -0.05) is 34.8 Å². The number of hydrogen-bond acceptors (Lipinski definition) is 4. The van der Waals surface area contributed by atoms with Gasteiger partial charge in [-0.25, -0.2) is 0 Å². The quantitative estimate of drug-likeness (QED) is 0.508. The van der Waals surface area contributed by atoms with Gasteiger partial charge in [0.2, 0.25) is 3.79 Å². The van der Waals surface area contributed by atoms with E-state index < -0.39 is 9.76 Å². The second-order valence-electron chi connectivity index (χ2n) is 1.92. The summed E-state index contributed by atoms with van der Waals surface area (Å²) >= 11 is 15.9. The number of thioether (sulfide) groups is 1. The highest BCUT2D eigenvalue weighted by atomic mass is 35.6. The third-order valence-corrected chi connectivity index (χ3v) is 2.22. The summed E-state index contributed by atoms with van der Waals surface area (Å²) in [4.78, 5) is 12.5. The van der Waals surface area contributed by atoms with Gasteiger partial charge in [-0.3, -0.25) is 10.7 Å². The Hall–Kier alpha value is 0.160. The molecular formula is C5H7Cl3N2O2S. The normalized spacial score (nSPS) is 15.8. The zero-order chi connectivity index (χ0) is 10.5. The van der Waals surface area contributed by atoms with E-state index in [1.54, 1.807) is 11.8 Å². The molecule has 3 N–H and O–H groups in total. The summed E-state index contributed by atoms with van der Waals surface area (Å²) < 4.78 is -2.28. The Morgan fingerprint density at radius 2 is 2.08 bits per heavy atom. The van der Waals surface area contributed by atoms with Crippen LogP contribution in [0.1, 0.15) is 0 Å². The lowest BCUT2D eigenvalue weighted by atomic mass is 10.8. The minimum Gasteiger partial charge on any atom is -0.545 e. The number of halogens is 3. The SMILES string of the molecule is NC1=[NH+]CCS1.O=C([O-])C(Cl)(Cl)Cl. The summed E-state index contributed by atoms with van der Waals surface area (Å²) in [5.74, 6) is -0.580. The van der Waals surface area contributed by atoms with Gasteiger partial charge in [0.05, 0.1) is 12.5 Å². The summed E-state index contributed by atoms with van der Waals surface area (Å²) in [6.07, 6.45) is 0. The predicted octanol–water partition coefficient (Wildman–Crippen LogP) is -1.77. The van der Waals surface area contributed by atoms with Crippen molar-refractivity contribution in [2.45, 2.75) is 3.79 Å². The van der Waals surface area contributed by atoms with Crippen LogP contribution in [-0.4, -0.2) is 27.2 Å². The van der Waals surface area contributed by atoms with E-state index in [0.717, 1.165) is 17.5 Å². The molecule has 0 unspecified atom stereocenters. The average molecular weight is 266 g/mol. The van der Waals surface area contributed by atoms with E-state index in [9.17, 15) is 9.90 Å². The van der Waals surface area contributed by atoms with E-state index in [1.807, 2.05) is 0 Å². The van der Waals surface area contributed by atoms with Crippen molar-refractivity contribution in [2.75, 3.05) is 12.3 Å². The standard InChI is InChI=1S/C3H6N2S.C2HCl3O2/c4-3-5-1-2-6-3;3-2(4,5)1(6)7/h1-2H2,(H2,4,5);(H,6,7). The first-order chi connectivity index (χ1) is 5.84. The highest BCUT2D eigenvalue weighted by Crippen LogP contribution is 2.24. The number of carboxylic acids is 1. The summed E-state index contributed by atoms with van der Waals surface area (Å²) in [7, 11) is 0. The van der Waals surface area contributed by atoms with Crippen molar-refractivity contribution in [3.8, 4) is 0 Å². The zero-order valence-corrected chi connectivity index (χ0v) is 9.43. The van der Waals surface area contributed by atoms with Gasteiger partial charge in [-0.15, -0.1) is 0 Å². The molecule has 0 saturated heterocycles. The van der Waals surface area contributed by atoms with Crippen LogP contribution in [-0.2, 0) is 4.79 Å². The molecule has 13 heavy (non-hydrogen) atoms. The van der Waals surface area contributed by atoms with E-state index in [-0.39, 0.29) is 0 Å². The zero-order valence-electron chi connectivity index (χ0n) is 6.35. The highest BCUT2D eigenvalue weighted by Gasteiger charge is 2.20. The number of nitrogens with one attached hydrogen (secondary N) is 1. The van der Waals surface area contributed by atoms with Gasteiger partial charge in [0.25, 0.3) is 0 Å². The van der Waals surface area contributed by atoms with Gasteiger partial charge in [-0.05, 0) is 11.8 Å². The molecule has 8 heteroatoms. The molecule has 76 valence electrons. The molecule has 0 radical (unpaired) electrons. The van der Waals surface area contributed by atoms with Crippen molar-refractivity contribution in [1.29, 1.82) is 0 Å². The summed E-state index contributed by atoms with van der Waals surface area (Å²) in [6, 6.07) is 0. The molecule has 4 nitrogen and oxygen atoms in total.